The van der Waals surface area contributed by atoms with Crippen molar-refractivity contribution >= 4 is 17.7 Å². The molecular weight excluding hydrogens is 160 g/mol. The highest BCUT2D eigenvalue weighted by molar-refractivity contribution is 6.06. The Labute approximate surface area is 69.7 Å². The molecule has 1 saturated heterocycles. The number of carbonyl (C=O) groups is 3. The van der Waals surface area contributed by atoms with E-state index in [9.17, 15) is 14.4 Å². The van der Waals surface area contributed by atoms with Gasteiger partial charge < -0.3 is 5.32 Å². The molecule has 1 atom stereocenters. The zero-order chi connectivity index (χ0) is 9.30. The van der Waals surface area contributed by atoms with Gasteiger partial charge in [-0.25, -0.2) is 4.79 Å². The Kier molecular flexibility index (Phi) is 2.12. The zero-order valence-electron chi connectivity index (χ0n) is 6.96. The van der Waals surface area contributed by atoms with Crippen molar-refractivity contribution in [3.63, 3.8) is 0 Å². The average Bonchev–Trinajstić information content (AvgIpc) is 2.16. The molecule has 1 aliphatic rings. The third-order valence-corrected chi connectivity index (χ3v) is 1.60. The van der Waals surface area contributed by atoms with Crippen molar-refractivity contribution in [1.82, 2.24) is 10.2 Å². The summed E-state index contributed by atoms with van der Waals surface area (Å²) in [4.78, 5) is 33.7. The molecule has 0 spiro atoms. The summed E-state index contributed by atoms with van der Waals surface area (Å²) in [5, 5.41) is 2.41. The second kappa shape index (κ2) is 2.92. The van der Waals surface area contributed by atoms with E-state index < -0.39 is 12.1 Å². The number of rotatable bonds is 2. The number of Topliss-reactive ketones (excluding diaryl/α,β-unsaturated/α-hetero) is 1. The van der Waals surface area contributed by atoms with Gasteiger partial charge in [-0.3, -0.25) is 14.5 Å². The van der Waals surface area contributed by atoms with Crippen molar-refractivity contribution in [2.75, 3.05) is 6.54 Å². The molecule has 0 aromatic heterocycles. The van der Waals surface area contributed by atoms with E-state index in [0.29, 0.717) is 0 Å². The molecule has 1 unspecified atom stereocenters. The summed E-state index contributed by atoms with van der Waals surface area (Å²) in [6.45, 7) is 2.79. The fourth-order valence-corrected chi connectivity index (χ4v) is 1.03. The van der Waals surface area contributed by atoms with Crippen LogP contribution in [0.4, 0.5) is 4.79 Å². The number of hydrogen-bond donors (Lipinski definition) is 1. The summed E-state index contributed by atoms with van der Waals surface area (Å²) >= 11 is 0. The lowest BCUT2D eigenvalue weighted by Gasteiger charge is -2.08. The summed E-state index contributed by atoms with van der Waals surface area (Å²) in [5.74, 6) is -0.539. The Morgan fingerprint density at radius 3 is 2.50 bits per heavy atom. The second-order valence-electron chi connectivity index (χ2n) is 2.80. The maximum Gasteiger partial charge on any atom is 0.325 e. The van der Waals surface area contributed by atoms with Gasteiger partial charge in [0.2, 0.25) is 0 Å². The van der Waals surface area contributed by atoms with Crippen LogP contribution >= 0.6 is 0 Å². The Hall–Kier alpha value is -1.39. The third kappa shape index (κ3) is 1.44. The predicted octanol–water partition coefficient (Wildman–Crippen LogP) is -0.484. The monoisotopic (exact) mass is 170 g/mol. The van der Waals surface area contributed by atoms with Crippen LogP contribution in [0, 0.1) is 0 Å². The molecule has 0 radical (unpaired) electrons. The highest BCUT2D eigenvalue weighted by Crippen LogP contribution is 2.04. The van der Waals surface area contributed by atoms with Crippen LogP contribution in [0.2, 0.25) is 0 Å². The highest BCUT2D eigenvalue weighted by atomic mass is 16.2. The number of nitrogens with zero attached hydrogens (tertiary/aromatic N) is 1. The molecule has 0 aliphatic carbocycles. The molecule has 0 bridgehead atoms. The van der Waals surface area contributed by atoms with Crippen molar-refractivity contribution < 1.29 is 14.4 Å². The predicted molar refractivity (Wildman–Crippen MR) is 40.4 cm³/mol. The van der Waals surface area contributed by atoms with E-state index in [0.717, 1.165) is 4.90 Å². The minimum Gasteiger partial charge on any atom is -0.326 e. The first-order valence-corrected chi connectivity index (χ1v) is 3.63. The molecule has 1 heterocycles. The van der Waals surface area contributed by atoms with E-state index in [-0.39, 0.29) is 18.2 Å². The number of urea groups is 1. The molecule has 1 rings (SSSR count). The molecule has 3 amide bonds. The van der Waals surface area contributed by atoms with Crippen LogP contribution in [0.25, 0.3) is 0 Å². The van der Waals surface area contributed by atoms with Crippen LogP contribution in [0.3, 0.4) is 0 Å². The fraction of sp³-hybridized carbons (Fsp3) is 0.571. The van der Waals surface area contributed by atoms with Gasteiger partial charge in [-0.05, 0) is 13.8 Å². The summed E-state index contributed by atoms with van der Waals surface area (Å²) in [7, 11) is 0. The van der Waals surface area contributed by atoms with Crippen LogP contribution in [0.1, 0.15) is 13.8 Å². The van der Waals surface area contributed by atoms with E-state index in [2.05, 4.69) is 5.32 Å². The average molecular weight is 170 g/mol. The lowest BCUT2D eigenvalue weighted by molar-refractivity contribution is -0.130. The summed E-state index contributed by atoms with van der Waals surface area (Å²) in [6.07, 6.45) is 0. The fourth-order valence-electron chi connectivity index (χ4n) is 1.03. The van der Waals surface area contributed by atoms with Gasteiger partial charge in [-0.2, -0.15) is 0 Å². The number of imide groups is 1. The highest BCUT2D eigenvalue weighted by Gasteiger charge is 2.35. The van der Waals surface area contributed by atoms with Gasteiger partial charge in [-0.15, -0.1) is 0 Å². The maximum atomic E-state index is 11.1. The van der Waals surface area contributed by atoms with Gasteiger partial charge in [0, 0.05) is 0 Å². The molecule has 5 nitrogen and oxygen atoms in total. The molecule has 1 fully saturated rings. The molecule has 1 aliphatic heterocycles. The van der Waals surface area contributed by atoms with E-state index in [1.165, 1.54) is 6.92 Å². The number of hydrogen-bond acceptors (Lipinski definition) is 3. The molecular formula is C7H10N2O3. The molecule has 12 heavy (non-hydrogen) atoms. The van der Waals surface area contributed by atoms with Crippen molar-refractivity contribution in [1.29, 1.82) is 0 Å². The molecule has 1 N–H and O–H groups in total. The van der Waals surface area contributed by atoms with Crippen molar-refractivity contribution in [2.45, 2.75) is 19.9 Å². The Morgan fingerprint density at radius 2 is 2.17 bits per heavy atom. The van der Waals surface area contributed by atoms with E-state index >= 15 is 0 Å². The number of nitrogens with one attached hydrogen (secondary N) is 1. The third-order valence-electron chi connectivity index (χ3n) is 1.60. The smallest absolute Gasteiger partial charge is 0.325 e. The first-order valence-electron chi connectivity index (χ1n) is 3.63. The van der Waals surface area contributed by atoms with Crippen molar-refractivity contribution in [2.24, 2.45) is 0 Å². The van der Waals surface area contributed by atoms with Gasteiger partial charge in [0.05, 0.1) is 6.54 Å². The Morgan fingerprint density at radius 1 is 1.58 bits per heavy atom. The minimum atomic E-state index is -0.503. The Balaban J connectivity index is 2.70. The first kappa shape index (κ1) is 8.70. The van der Waals surface area contributed by atoms with E-state index in [1.807, 2.05) is 0 Å². The van der Waals surface area contributed by atoms with Crippen LogP contribution in [-0.4, -0.2) is 35.2 Å². The molecule has 66 valence electrons. The van der Waals surface area contributed by atoms with Crippen LogP contribution < -0.4 is 5.32 Å². The summed E-state index contributed by atoms with van der Waals surface area (Å²) < 4.78 is 0. The van der Waals surface area contributed by atoms with Gasteiger partial charge in [0.25, 0.3) is 5.91 Å². The largest absolute Gasteiger partial charge is 0.326 e. The normalized spacial score (nSPS) is 22.8. The molecule has 0 aromatic carbocycles. The Bertz CT molecular complexity index is 249. The summed E-state index contributed by atoms with van der Waals surface area (Å²) in [5.41, 5.74) is 0. The van der Waals surface area contributed by atoms with E-state index in [4.69, 9.17) is 0 Å². The van der Waals surface area contributed by atoms with Gasteiger partial charge >= 0.3 is 6.03 Å². The van der Waals surface area contributed by atoms with Crippen LogP contribution in [0.15, 0.2) is 0 Å². The molecule has 0 saturated carbocycles. The lowest BCUT2D eigenvalue weighted by atomic mass is 10.3. The van der Waals surface area contributed by atoms with Crippen molar-refractivity contribution in [3.05, 3.63) is 0 Å². The standard InChI is InChI=1S/C7H10N2O3/c1-4(10)3-9-6(11)5(2)8-7(9)12/h5H,3H2,1-2H3,(H,8,12). The number of amides is 3. The van der Waals surface area contributed by atoms with Gasteiger partial charge in [0.1, 0.15) is 11.8 Å². The topological polar surface area (TPSA) is 66.5 Å². The van der Waals surface area contributed by atoms with Gasteiger partial charge in [0.15, 0.2) is 0 Å². The number of ketones is 1. The zero-order valence-corrected chi connectivity index (χ0v) is 6.96. The van der Waals surface area contributed by atoms with E-state index in [1.54, 1.807) is 6.92 Å². The SMILES string of the molecule is CC(=O)CN1C(=O)NC(C)C1=O. The molecule has 0 aromatic rings. The van der Waals surface area contributed by atoms with Crippen molar-refractivity contribution in [3.8, 4) is 0 Å². The van der Waals surface area contributed by atoms with Crippen LogP contribution in [-0.2, 0) is 9.59 Å². The minimum absolute atomic E-state index is 0.130. The lowest BCUT2D eigenvalue weighted by Crippen LogP contribution is -2.35. The van der Waals surface area contributed by atoms with Gasteiger partial charge in [-0.1, -0.05) is 0 Å². The maximum absolute atomic E-state index is 11.1. The van der Waals surface area contributed by atoms with Crippen LogP contribution in [0.5, 0.6) is 0 Å². The molecule has 5 heteroatoms. The quantitative estimate of drug-likeness (QED) is 0.569. The summed E-state index contributed by atoms with van der Waals surface area (Å²) in [6, 6.07) is -0.987. The first-order chi connectivity index (χ1) is 5.52. The number of carbonyl (C=O) groups excluding carboxylic acids is 3. The second-order valence-corrected chi connectivity index (χ2v) is 2.80.